The number of hydrogen-bond acceptors (Lipinski definition) is 8. The second-order valence-electron chi connectivity index (χ2n) is 11.9. The summed E-state index contributed by atoms with van der Waals surface area (Å²) in [6, 6.07) is 8.40. The summed E-state index contributed by atoms with van der Waals surface area (Å²) < 4.78 is 17.5. The summed E-state index contributed by atoms with van der Waals surface area (Å²) in [5, 5.41) is 11.9. The first-order valence-corrected chi connectivity index (χ1v) is 13.4. The number of carbonyl (C=O) groups is 4. The molecule has 2 fully saturated rings. The van der Waals surface area contributed by atoms with Crippen molar-refractivity contribution in [3.05, 3.63) is 59.7 Å². The lowest BCUT2D eigenvalue weighted by Crippen LogP contribution is -2.54. The third-order valence-electron chi connectivity index (χ3n) is 8.88. The molecule has 1 aromatic rings. The van der Waals surface area contributed by atoms with Crippen LogP contribution in [0.3, 0.4) is 0 Å². The number of ketones is 1. The van der Waals surface area contributed by atoms with Crippen LogP contribution in [0.4, 0.5) is 0 Å². The standard InChI is InChI=1S/C31H38O8/c1-16-13-22-23(30(22,6)7)14-24(37-19(4)32)18(3)26(34)25-27(38-29(36)21-11-9-8-10-12-21)17(2)15-31(25,28(16)35)39-20(5)33/h8-13,17,22-27,34H,3,14-15H2,1-2,4-7H3/b16-13+/t17-,22+,23-,24+,25-,26-,27-,31+/m0/s1. The number of rotatable bonds is 4. The minimum atomic E-state index is -1.81. The zero-order valence-corrected chi connectivity index (χ0v) is 23.4. The van der Waals surface area contributed by atoms with E-state index in [1.807, 2.05) is 6.08 Å². The molecule has 0 bridgehead atoms. The maximum Gasteiger partial charge on any atom is 0.338 e. The summed E-state index contributed by atoms with van der Waals surface area (Å²) in [5.74, 6) is -3.84. The molecule has 8 atom stereocenters. The maximum absolute atomic E-state index is 14.2. The van der Waals surface area contributed by atoms with Crippen LogP contribution in [0.2, 0.25) is 0 Å². The van der Waals surface area contributed by atoms with E-state index >= 15 is 0 Å². The van der Waals surface area contributed by atoms with Crippen molar-refractivity contribution < 1.29 is 38.5 Å². The molecule has 0 aromatic heterocycles. The summed E-state index contributed by atoms with van der Waals surface area (Å²) in [6.07, 6.45) is -0.983. The molecule has 0 radical (unpaired) electrons. The molecule has 1 aromatic carbocycles. The van der Waals surface area contributed by atoms with Gasteiger partial charge in [-0.3, -0.25) is 14.4 Å². The van der Waals surface area contributed by atoms with Crippen molar-refractivity contribution in [2.75, 3.05) is 0 Å². The van der Waals surface area contributed by atoms with E-state index in [1.165, 1.54) is 13.8 Å². The molecule has 0 spiro atoms. The molecule has 4 rings (SSSR count). The second-order valence-corrected chi connectivity index (χ2v) is 11.9. The third kappa shape index (κ3) is 5.19. The van der Waals surface area contributed by atoms with Gasteiger partial charge in [-0.05, 0) is 59.8 Å². The Kier molecular flexibility index (Phi) is 7.65. The molecule has 39 heavy (non-hydrogen) atoms. The molecule has 0 amide bonds. The van der Waals surface area contributed by atoms with E-state index in [2.05, 4.69) is 20.4 Å². The zero-order chi connectivity index (χ0) is 28.9. The number of fused-ring (bicyclic) bond motifs is 2. The van der Waals surface area contributed by atoms with E-state index < -0.39 is 59.4 Å². The summed E-state index contributed by atoms with van der Waals surface area (Å²) in [5.41, 5.74) is -1.09. The average Bonchev–Trinajstić information content (AvgIpc) is 3.23. The molecule has 2 saturated carbocycles. The van der Waals surface area contributed by atoms with E-state index in [4.69, 9.17) is 14.2 Å². The normalized spacial score (nSPS) is 36.8. The summed E-state index contributed by atoms with van der Waals surface area (Å²) in [4.78, 5) is 51.9. The van der Waals surface area contributed by atoms with Gasteiger partial charge in [0, 0.05) is 20.3 Å². The zero-order valence-electron chi connectivity index (χ0n) is 23.4. The number of Topliss-reactive ketones (excluding diaryl/α,β-unsaturated/α-hetero) is 1. The second kappa shape index (κ2) is 10.4. The molecule has 3 aliphatic rings. The number of benzene rings is 1. The summed E-state index contributed by atoms with van der Waals surface area (Å²) in [6.45, 7) is 14.2. The minimum Gasteiger partial charge on any atom is -0.458 e. The van der Waals surface area contributed by atoms with Gasteiger partial charge in [0.1, 0.15) is 12.2 Å². The topological polar surface area (TPSA) is 116 Å². The van der Waals surface area contributed by atoms with Crippen molar-refractivity contribution in [1.82, 2.24) is 0 Å². The first-order valence-electron chi connectivity index (χ1n) is 13.4. The molecule has 3 aliphatic carbocycles. The maximum atomic E-state index is 14.2. The lowest BCUT2D eigenvalue weighted by Gasteiger charge is -2.39. The van der Waals surface area contributed by atoms with Crippen LogP contribution in [0.1, 0.15) is 64.7 Å². The van der Waals surface area contributed by atoms with Gasteiger partial charge in [0.25, 0.3) is 0 Å². The lowest BCUT2D eigenvalue weighted by atomic mass is 9.76. The van der Waals surface area contributed by atoms with Crippen LogP contribution in [0, 0.1) is 29.1 Å². The van der Waals surface area contributed by atoms with Gasteiger partial charge < -0.3 is 19.3 Å². The third-order valence-corrected chi connectivity index (χ3v) is 8.88. The molecule has 1 N–H and O–H groups in total. The molecular formula is C31H38O8. The first-order chi connectivity index (χ1) is 18.2. The predicted octanol–water partition coefficient (Wildman–Crippen LogP) is 4.21. The van der Waals surface area contributed by atoms with Gasteiger partial charge in [-0.1, -0.05) is 51.6 Å². The molecule has 210 valence electrons. The molecule has 0 unspecified atom stereocenters. The van der Waals surface area contributed by atoms with Gasteiger partial charge >= 0.3 is 17.9 Å². The number of aliphatic hydroxyl groups is 1. The highest BCUT2D eigenvalue weighted by molar-refractivity contribution is 6.03. The van der Waals surface area contributed by atoms with Crippen molar-refractivity contribution in [1.29, 1.82) is 0 Å². The monoisotopic (exact) mass is 538 g/mol. The van der Waals surface area contributed by atoms with Crippen molar-refractivity contribution in [3.63, 3.8) is 0 Å². The molecule has 0 heterocycles. The Morgan fingerprint density at radius 3 is 2.28 bits per heavy atom. The molecular weight excluding hydrogens is 500 g/mol. The highest BCUT2D eigenvalue weighted by Crippen LogP contribution is 2.62. The minimum absolute atomic E-state index is 0.0147. The summed E-state index contributed by atoms with van der Waals surface area (Å²) >= 11 is 0. The summed E-state index contributed by atoms with van der Waals surface area (Å²) in [7, 11) is 0. The Morgan fingerprint density at radius 1 is 1.05 bits per heavy atom. The number of aliphatic hydroxyl groups excluding tert-OH is 1. The van der Waals surface area contributed by atoms with E-state index in [-0.39, 0.29) is 29.2 Å². The number of ether oxygens (including phenoxy) is 3. The molecule has 0 saturated heterocycles. The van der Waals surface area contributed by atoms with Gasteiger partial charge in [0.15, 0.2) is 5.60 Å². The Hall–Kier alpha value is -3.26. The van der Waals surface area contributed by atoms with Crippen LogP contribution in [-0.2, 0) is 28.6 Å². The smallest absolute Gasteiger partial charge is 0.338 e. The fraction of sp³-hybridized carbons (Fsp3) is 0.548. The SMILES string of the molecule is C=C1[C@H](OC(C)=O)C[C@H]2[C@@H](/C=C(\C)C(=O)[C@@]3(OC(C)=O)C[C@H](C)[C@H](OC(=O)c4ccccc4)[C@@H]3[C@H]1O)C2(C)C. The van der Waals surface area contributed by atoms with Crippen molar-refractivity contribution in [2.24, 2.45) is 29.1 Å². The van der Waals surface area contributed by atoms with Crippen molar-refractivity contribution >= 4 is 23.7 Å². The predicted molar refractivity (Wildman–Crippen MR) is 142 cm³/mol. The quantitative estimate of drug-likeness (QED) is 0.344. The largest absolute Gasteiger partial charge is 0.458 e. The Balaban J connectivity index is 1.85. The number of esters is 3. The molecule has 8 heteroatoms. The van der Waals surface area contributed by atoms with Crippen LogP contribution in [0.5, 0.6) is 0 Å². The number of carbonyl (C=O) groups excluding carboxylic acids is 4. The van der Waals surface area contributed by atoms with Crippen LogP contribution in [-0.4, -0.2) is 52.7 Å². The Morgan fingerprint density at radius 2 is 1.69 bits per heavy atom. The van der Waals surface area contributed by atoms with Gasteiger partial charge in [-0.2, -0.15) is 0 Å². The Labute approximate surface area is 229 Å². The first kappa shape index (κ1) is 28.7. The van der Waals surface area contributed by atoms with Gasteiger partial charge in [0.2, 0.25) is 5.78 Å². The van der Waals surface area contributed by atoms with Gasteiger partial charge in [-0.25, -0.2) is 4.79 Å². The van der Waals surface area contributed by atoms with Crippen LogP contribution in [0.25, 0.3) is 0 Å². The van der Waals surface area contributed by atoms with Gasteiger partial charge in [0.05, 0.1) is 17.6 Å². The lowest BCUT2D eigenvalue weighted by molar-refractivity contribution is -0.175. The fourth-order valence-electron chi connectivity index (χ4n) is 6.77. The number of hydrogen-bond donors (Lipinski definition) is 1. The molecule has 0 aliphatic heterocycles. The van der Waals surface area contributed by atoms with Crippen molar-refractivity contribution in [2.45, 2.75) is 78.3 Å². The fourth-order valence-corrected chi connectivity index (χ4v) is 6.77. The van der Waals surface area contributed by atoms with E-state index in [0.29, 0.717) is 17.6 Å². The van der Waals surface area contributed by atoms with E-state index in [1.54, 1.807) is 44.2 Å². The average molecular weight is 539 g/mol. The highest BCUT2D eigenvalue weighted by Gasteiger charge is 2.65. The van der Waals surface area contributed by atoms with Crippen LogP contribution >= 0.6 is 0 Å². The van der Waals surface area contributed by atoms with E-state index in [0.717, 1.165) is 0 Å². The van der Waals surface area contributed by atoms with Crippen LogP contribution in [0.15, 0.2) is 54.1 Å². The van der Waals surface area contributed by atoms with Crippen LogP contribution < -0.4 is 0 Å². The van der Waals surface area contributed by atoms with Crippen molar-refractivity contribution in [3.8, 4) is 0 Å². The molecule has 8 nitrogen and oxygen atoms in total. The highest BCUT2D eigenvalue weighted by atomic mass is 16.6. The van der Waals surface area contributed by atoms with Gasteiger partial charge in [-0.15, -0.1) is 0 Å². The van der Waals surface area contributed by atoms with E-state index in [9.17, 15) is 24.3 Å². The Bertz CT molecular complexity index is 1210. The number of allylic oxidation sites excluding steroid dienone is 1.